The number of anilines is 1. The molecule has 0 radical (unpaired) electrons. The molecule has 1 aliphatic carbocycles. The first-order chi connectivity index (χ1) is 22.4. The number of nitrogens with zero attached hydrogens (tertiary/aromatic N) is 4. The largest absolute Gasteiger partial charge is 0.344 e. The predicted molar refractivity (Wildman–Crippen MR) is 170 cm³/mol. The number of rotatable bonds is 11. The second kappa shape index (κ2) is 16.1. The standard InChI is InChI=1S/C33H44F3N7O4/c1-5-27(44)39-28(33(47)42-16-14-41(4)15-17-42)20(3)21-10-11-25(24(34)19-21)38-32(46)29(22-8-7-9-23(18-22)30(35)36)40-31(45)26-12-13-37-43(26)6-2/h10-13,19-20,22,28-29H,5-9,14-18H2,1-4H3,(H,38,46)(H,39,44)(H,40,45)/t20-,22?,28+,29?/m0/s1. The molecule has 0 bridgehead atoms. The van der Waals surface area contributed by atoms with Gasteiger partial charge in [0.25, 0.3) is 12.0 Å². The molecular formula is C33H44F3N7O4. The minimum atomic E-state index is -1.79. The van der Waals surface area contributed by atoms with Gasteiger partial charge in [0.15, 0.2) is 0 Å². The van der Waals surface area contributed by atoms with Gasteiger partial charge in [0, 0.05) is 51.3 Å². The number of carbonyl (C=O) groups is 4. The van der Waals surface area contributed by atoms with Crippen LogP contribution in [0.15, 0.2) is 42.1 Å². The Bertz CT molecular complexity index is 1480. The Morgan fingerprint density at radius 2 is 1.77 bits per heavy atom. The quantitative estimate of drug-likeness (QED) is 0.336. The highest BCUT2D eigenvalue weighted by Crippen LogP contribution is 2.34. The average molecular weight is 660 g/mol. The summed E-state index contributed by atoms with van der Waals surface area (Å²) < 4.78 is 44.1. The molecule has 1 aromatic heterocycles. The Morgan fingerprint density at radius 3 is 2.40 bits per heavy atom. The summed E-state index contributed by atoms with van der Waals surface area (Å²) in [5, 5.41) is 12.1. The highest BCUT2D eigenvalue weighted by atomic mass is 19.3. The highest BCUT2D eigenvalue weighted by Gasteiger charge is 2.36. The summed E-state index contributed by atoms with van der Waals surface area (Å²) in [4.78, 5) is 56.6. The maximum atomic E-state index is 15.6. The summed E-state index contributed by atoms with van der Waals surface area (Å²) in [6.45, 7) is 8.02. The Balaban J connectivity index is 1.55. The third-order valence-electron chi connectivity index (χ3n) is 9.11. The highest BCUT2D eigenvalue weighted by molar-refractivity contribution is 6.00. The lowest BCUT2D eigenvalue weighted by atomic mass is 9.81. The number of likely N-dealkylation sites (N-methyl/N-ethyl adjacent to an activating group) is 1. The fraction of sp³-hybridized carbons (Fsp3) is 0.545. The summed E-state index contributed by atoms with van der Waals surface area (Å²) in [6.07, 6.45) is 0.768. The van der Waals surface area contributed by atoms with Crippen LogP contribution in [0.1, 0.15) is 74.8 Å². The minimum Gasteiger partial charge on any atom is -0.344 e. The first-order valence-electron chi connectivity index (χ1n) is 16.2. The number of benzene rings is 1. The first-order valence-corrected chi connectivity index (χ1v) is 16.2. The van der Waals surface area contributed by atoms with E-state index < -0.39 is 47.6 Å². The van der Waals surface area contributed by atoms with Crippen LogP contribution in [-0.4, -0.2) is 88.5 Å². The molecule has 2 unspecified atom stereocenters. The van der Waals surface area contributed by atoms with Gasteiger partial charge in [-0.1, -0.05) is 19.9 Å². The smallest absolute Gasteiger partial charge is 0.270 e. The Morgan fingerprint density at radius 1 is 1.04 bits per heavy atom. The van der Waals surface area contributed by atoms with Crippen LogP contribution in [0.25, 0.3) is 0 Å². The molecule has 2 heterocycles. The van der Waals surface area contributed by atoms with E-state index in [1.807, 2.05) is 7.05 Å². The van der Waals surface area contributed by atoms with E-state index in [0.29, 0.717) is 51.1 Å². The summed E-state index contributed by atoms with van der Waals surface area (Å²) in [6, 6.07) is 3.47. The third kappa shape index (κ3) is 8.79. The van der Waals surface area contributed by atoms with Crippen LogP contribution in [0.3, 0.4) is 0 Å². The Hall–Kier alpha value is -4.20. The molecule has 1 aliphatic heterocycles. The lowest BCUT2D eigenvalue weighted by molar-refractivity contribution is -0.138. The summed E-state index contributed by atoms with van der Waals surface area (Å²) in [5.74, 6) is -3.94. The van der Waals surface area contributed by atoms with Crippen LogP contribution in [0.4, 0.5) is 18.9 Å². The van der Waals surface area contributed by atoms with Gasteiger partial charge in [-0.05, 0) is 74.9 Å². The van der Waals surface area contributed by atoms with Crippen LogP contribution >= 0.6 is 0 Å². The van der Waals surface area contributed by atoms with Gasteiger partial charge in [-0.3, -0.25) is 23.9 Å². The van der Waals surface area contributed by atoms with Crippen LogP contribution in [0.5, 0.6) is 0 Å². The molecule has 3 N–H and O–H groups in total. The Kier molecular flexibility index (Phi) is 12.2. The van der Waals surface area contributed by atoms with Crippen molar-refractivity contribution >= 4 is 29.3 Å². The van der Waals surface area contributed by atoms with Crippen molar-refractivity contribution in [2.24, 2.45) is 5.92 Å². The number of aryl methyl sites for hydroxylation is 1. The van der Waals surface area contributed by atoms with Gasteiger partial charge >= 0.3 is 0 Å². The maximum absolute atomic E-state index is 15.6. The van der Waals surface area contributed by atoms with Gasteiger partial charge in [0.1, 0.15) is 23.6 Å². The van der Waals surface area contributed by atoms with E-state index in [1.165, 1.54) is 29.1 Å². The topological polar surface area (TPSA) is 129 Å². The van der Waals surface area contributed by atoms with Crippen LogP contribution in [0, 0.1) is 11.7 Å². The molecule has 0 spiro atoms. The number of piperazine rings is 1. The lowest BCUT2D eigenvalue weighted by Gasteiger charge is -2.36. The van der Waals surface area contributed by atoms with Crippen LogP contribution in [-0.2, 0) is 20.9 Å². The molecule has 2 fully saturated rings. The SMILES string of the molecule is CCC(=O)N[C@@H](C(=O)N1CCN(C)CC1)[C@@H](C)c1ccc(NC(=O)C(NC(=O)c2ccnn2CC)C2CCCC(=C(F)F)C2)c(F)c1. The molecule has 14 heteroatoms. The molecule has 1 saturated heterocycles. The fourth-order valence-corrected chi connectivity index (χ4v) is 6.16. The van der Waals surface area contributed by atoms with Crippen molar-refractivity contribution in [1.82, 2.24) is 30.2 Å². The number of amides is 4. The fourth-order valence-electron chi connectivity index (χ4n) is 6.16. The third-order valence-corrected chi connectivity index (χ3v) is 9.11. The first kappa shape index (κ1) is 35.7. The molecule has 1 aromatic carbocycles. The summed E-state index contributed by atoms with van der Waals surface area (Å²) >= 11 is 0. The maximum Gasteiger partial charge on any atom is 0.270 e. The number of aromatic nitrogens is 2. The number of nitrogens with one attached hydrogen (secondary N) is 3. The van der Waals surface area contributed by atoms with Crippen molar-refractivity contribution in [2.75, 3.05) is 38.5 Å². The normalized spacial score (nSPS) is 19.0. The van der Waals surface area contributed by atoms with Crippen molar-refractivity contribution in [3.05, 3.63) is 59.2 Å². The van der Waals surface area contributed by atoms with Crippen molar-refractivity contribution in [3.8, 4) is 0 Å². The molecular weight excluding hydrogens is 615 g/mol. The summed E-state index contributed by atoms with van der Waals surface area (Å²) in [5.41, 5.74) is 0.398. The second-order valence-electron chi connectivity index (χ2n) is 12.2. The van der Waals surface area contributed by atoms with E-state index in [0.717, 1.165) is 0 Å². The van der Waals surface area contributed by atoms with E-state index in [9.17, 15) is 28.0 Å². The molecule has 2 aliphatic rings. The number of hydrogen-bond donors (Lipinski definition) is 3. The monoisotopic (exact) mass is 659 g/mol. The van der Waals surface area contributed by atoms with Crippen molar-refractivity contribution < 1.29 is 32.3 Å². The van der Waals surface area contributed by atoms with Gasteiger partial charge in [-0.15, -0.1) is 0 Å². The minimum absolute atomic E-state index is 0.0627. The number of halogens is 3. The van der Waals surface area contributed by atoms with Crippen LogP contribution < -0.4 is 16.0 Å². The molecule has 2 aromatic rings. The zero-order valence-electron chi connectivity index (χ0n) is 27.3. The molecule has 47 heavy (non-hydrogen) atoms. The molecule has 4 amide bonds. The van der Waals surface area contributed by atoms with E-state index in [-0.39, 0.29) is 48.0 Å². The summed E-state index contributed by atoms with van der Waals surface area (Å²) in [7, 11) is 1.97. The van der Waals surface area contributed by atoms with E-state index >= 15 is 4.39 Å². The predicted octanol–water partition coefficient (Wildman–Crippen LogP) is 3.89. The average Bonchev–Trinajstić information content (AvgIpc) is 3.56. The second-order valence-corrected chi connectivity index (χ2v) is 12.2. The molecule has 1 saturated carbocycles. The van der Waals surface area contributed by atoms with Crippen molar-refractivity contribution in [2.45, 2.75) is 77.4 Å². The Labute approximate surface area is 272 Å². The van der Waals surface area contributed by atoms with E-state index in [1.54, 1.807) is 31.7 Å². The number of carbonyl (C=O) groups excluding carboxylic acids is 4. The van der Waals surface area contributed by atoms with Gasteiger partial charge in [-0.25, -0.2) is 4.39 Å². The van der Waals surface area contributed by atoms with Crippen molar-refractivity contribution in [1.29, 1.82) is 0 Å². The molecule has 4 rings (SSSR count). The van der Waals surface area contributed by atoms with Gasteiger partial charge in [-0.2, -0.15) is 13.9 Å². The zero-order valence-corrected chi connectivity index (χ0v) is 27.3. The van der Waals surface area contributed by atoms with Crippen molar-refractivity contribution in [3.63, 3.8) is 0 Å². The molecule has 11 nitrogen and oxygen atoms in total. The lowest BCUT2D eigenvalue weighted by Crippen LogP contribution is -2.55. The number of hydrogen-bond acceptors (Lipinski definition) is 6. The van der Waals surface area contributed by atoms with E-state index in [4.69, 9.17) is 0 Å². The van der Waals surface area contributed by atoms with Crippen LogP contribution in [0.2, 0.25) is 0 Å². The van der Waals surface area contributed by atoms with E-state index in [2.05, 4.69) is 25.9 Å². The number of allylic oxidation sites excluding steroid dienone is 1. The van der Waals surface area contributed by atoms with Gasteiger partial charge in [0.2, 0.25) is 17.7 Å². The molecule has 256 valence electrons. The van der Waals surface area contributed by atoms with Gasteiger partial charge < -0.3 is 25.8 Å². The zero-order chi connectivity index (χ0) is 34.2. The van der Waals surface area contributed by atoms with Gasteiger partial charge in [0.05, 0.1) is 5.69 Å². The molecule has 4 atom stereocenters.